The van der Waals surface area contributed by atoms with Crippen molar-refractivity contribution in [1.82, 2.24) is 19.5 Å². The van der Waals surface area contributed by atoms with Crippen molar-refractivity contribution in [3.63, 3.8) is 0 Å². The second-order valence-corrected chi connectivity index (χ2v) is 8.41. The minimum absolute atomic E-state index is 0.110. The summed E-state index contributed by atoms with van der Waals surface area (Å²) in [6, 6.07) is 10.3. The van der Waals surface area contributed by atoms with Crippen LogP contribution in [0.15, 0.2) is 35.1 Å². The molecule has 0 saturated carbocycles. The van der Waals surface area contributed by atoms with Crippen LogP contribution in [-0.4, -0.2) is 39.6 Å². The molecular formula is C20H25N5OS. The molecule has 0 unspecified atom stereocenters. The van der Waals surface area contributed by atoms with E-state index < -0.39 is 0 Å². The standard InChI is InChI=1S/C20H25N5OS/c1-15-22-25-19(26)12-17(21-20(25)27-15)14-23(2)13-16-8-4-5-9-18(16)24-10-6-3-7-11-24/h4-5,8-9,12H,3,6-7,10-11,13-14H2,1-2H3. The van der Waals surface area contributed by atoms with Gasteiger partial charge in [-0.2, -0.15) is 9.61 Å². The van der Waals surface area contributed by atoms with Crippen LogP contribution in [0, 0.1) is 6.92 Å². The summed E-state index contributed by atoms with van der Waals surface area (Å²) in [5.41, 5.74) is 3.35. The van der Waals surface area contributed by atoms with Crippen LogP contribution in [0.3, 0.4) is 0 Å². The van der Waals surface area contributed by atoms with Gasteiger partial charge in [-0.3, -0.25) is 9.69 Å². The van der Waals surface area contributed by atoms with Gasteiger partial charge in [0.25, 0.3) is 5.56 Å². The predicted molar refractivity (Wildman–Crippen MR) is 110 cm³/mol. The summed E-state index contributed by atoms with van der Waals surface area (Å²) in [7, 11) is 2.08. The number of nitrogens with zero attached hydrogens (tertiary/aromatic N) is 5. The van der Waals surface area contributed by atoms with Crippen LogP contribution >= 0.6 is 11.3 Å². The summed E-state index contributed by atoms with van der Waals surface area (Å²) >= 11 is 1.45. The average Bonchev–Trinajstić information content (AvgIpc) is 3.04. The maximum absolute atomic E-state index is 12.3. The molecule has 1 aromatic carbocycles. The Morgan fingerprint density at radius 3 is 2.74 bits per heavy atom. The highest BCUT2D eigenvalue weighted by Gasteiger charge is 2.15. The maximum Gasteiger partial charge on any atom is 0.275 e. The smallest absolute Gasteiger partial charge is 0.275 e. The van der Waals surface area contributed by atoms with E-state index in [1.165, 1.54) is 46.4 Å². The first kappa shape index (κ1) is 18.1. The van der Waals surface area contributed by atoms with Gasteiger partial charge in [0.05, 0.1) is 5.69 Å². The lowest BCUT2D eigenvalue weighted by atomic mass is 10.1. The van der Waals surface area contributed by atoms with Crippen LogP contribution in [0.25, 0.3) is 4.96 Å². The summed E-state index contributed by atoms with van der Waals surface area (Å²) in [6.07, 6.45) is 3.87. The largest absolute Gasteiger partial charge is 0.371 e. The lowest BCUT2D eigenvalue weighted by Crippen LogP contribution is -2.31. The fourth-order valence-corrected chi connectivity index (χ4v) is 4.51. The van der Waals surface area contributed by atoms with Gasteiger partial charge in [-0.25, -0.2) is 4.98 Å². The molecule has 0 N–H and O–H groups in total. The van der Waals surface area contributed by atoms with Gasteiger partial charge in [-0.15, -0.1) is 0 Å². The summed E-state index contributed by atoms with van der Waals surface area (Å²) in [5, 5.41) is 5.05. The van der Waals surface area contributed by atoms with Crippen molar-refractivity contribution in [2.24, 2.45) is 0 Å². The van der Waals surface area contributed by atoms with Gasteiger partial charge < -0.3 is 4.90 Å². The Labute approximate surface area is 163 Å². The molecule has 0 atom stereocenters. The molecule has 3 aromatic rings. The number of piperidine rings is 1. The average molecular weight is 384 g/mol. The molecule has 1 fully saturated rings. The first-order valence-electron chi connectivity index (χ1n) is 9.48. The van der Waals surface area contributed by atoms with Gasteiger partial charge >= 0.3 is 0 Å². The zero-order valence-electron chi connectivity index (χ0n) is 15.9. The molecule has 0 aliphatic carbocycles. The van der Waals surface area contributed by atoms with Crippen molar-refractivity contribution in [2.75, 3.05) is 25.0 Å². The number of benzene rings is 1. The zero-order chi connectivity index (χ0) is 18.8. The molecule has 4 rings (SSSR count). The van der Waals surface area contributed by atoms with Gasteiger partial charge in [0.2, 0.25) is 4.96 Å². The van der Waals surface area contributed by atoms with Crippen molar-refractivity contribution in [3.05, 3.63) is 57.0 Å². The normalized spacial score (nSPS) is 15.0. The molecule has 0 radical (unpaired) electrons. The van der Waals surface area contributed by atoms with E-state index in [-0.39, 0.29) is 5.56 Å². The van der Waals surface area contributed by atoms with E-state index in [2.05, 4.69) is 51.2 Å². The minimum atomic E-state index is -0.110. The molecular weight excluding hydrogens is 358 g/mol. The summed E-state index contributed by atoms with van der Waals surface area (Å²) in [6.45, 7) is 5.63. The van der Waals surface area contributed by atoms with E-state index in [1.54, 1.807) is 6.07 Å². The van der Waals surface area contributed by atoms with E-state index in [0.717, 1.165) is 30.3 Å². The number of hydrogen-bond acceptors (Lipinski definition) is 6. The SMILES string of the molecule is Cc1nn2c(=O)cc(CN(C)Cc3ccccc3N3CCCCC3)nc2s1. The Morgan fingerprint density at radius 1 is 1.15 bits per heavy atom. The van der Waals surface area contributed by atoms with Gasteiger partial charge in [0, 0.05) is 37.9 Å². The first-order valence-corrected chi connectivity index (χ1v) is 10.3. The van der Waals surface area contributed by atoms with Crippen LogP contribution in [0.1, 0.15) is 35.5 Å². The number of anilines is 1. The number of rotatable bonds is 5. The predicted octanol–water partition coefficient (Wildman–Crippen LogP) is 3.08. The van der Waals surface area contributed by atoms with Crippen molar-refractivity contribution >= 4 is 22.0 Å². The van der Waals surface area contributed by atoms with Gasteiger partial charge in [0.1, 0.15) is 5.01 Å². The minimum Gasteiger partial charge on any atom is -0.371 e. The molecule has 0 spiro atoms. The molecule has 1 aliphatic rings. The Morgan fingerprint density at radius 2 is 1.93 bits per heavy atom. The van der Waals surface area contributed by atoms with E-state index >= 15 is 0 Å². The molecule has 2 aromatic heterocycles. The molecule has 27 heavy (non-hydrogen) atoms. The highest BCUT2D eigenvalue weighted by molar-refractivity contribution is 7.16. The highest BCUT2D eigenvalue weighted by Crippen LogP contribution is 2.25. The van der Waals surface area contributed by atoms with Gasteiger partial charge in [-0.1, -0.05) is 29.5 Å². The van der Waals surface area contributed by atoms with Crippen molar-refractivity contribution in [1.29, 1.82) is 0 Å². The molecule has 1 aliphatic heterocycles. The number of aromatic nitrogens is 3. The van der Waals surface area contributed by atoms with Crippen LogP contribution in [0.2, 0.25) is 0 Å². The van der Waals surface area contributed by atoms with Gasteiger partial charge in [0.15, 0.2) is 0 Å². The van der Waals surface area contributed by atoms with Crippen molar-refractivity contribution < 1.29 is 0 Å². The Bertz CT molecular complexity index is 989. The fraction of sp³-hybridized carbons (Fsp3) is 0.450. The quantitative estimate of drug-likeness (QED) is 0.678. The summed E-state index contributed by atoms with van der Waals surface area (Å²) in [4.78, 5) is 22.3. The summed E-state index contributed by atoms with van der Waals surface area (Å²) < 4.78 is 1.38. The topological polar surface area (TPSA) is 53.7 Å². The first-order chi connectivity index (χ1) is 13.1. The van der Waals surface area contributed by atoms with Crippen molar-refractivity contribution in [3.8, 4) is 0 Å². The molecule has 3 heterocycles. The molecule has 0 amide bonds. The third-order valence-electron chi connectivity index (χ3n) is 4.96. The summed E-state index contributed by atoms with van der Waals surface area (Å²) in [5.74, 6) is 0. The molecule has 6 nitrogen and oxygen atoms in total. The van der Waals surface area contributed by atoms with Gasteiger partial charge in [-0.05, 0) is 44.9 Å². The molecule has 7 heteroatoms. The third-order valence-corrected chi connectivity index (χ3v) is 5.78. The lowest BCUT2D eigenvalue weighted by molar-refractivity contribution is 0.315. The number of hydrogen-bond donors (Lipinski definition) is 0. The van der Waals surface area contributed by atoms with Crippen LogP contribution < -0.4 is 10.5 Å². The van der Waals surface area contributed by atoms with Crippen LogP contribution in [0.5, 0.6) is 0 Å². The Kier molecular flexibility index (Phi) is 5.22. The Balaban J connectivity index is 1.51. The number of fused-ring (bicyclic) bond motifs is 1. The number of aryl methyl sites for hydroxylation is 1. The van der Waals surface area contributed by atoms with E-state index in [9.17, 15) is 4.79 Å². The maximum atomic E-state index is 12.3. The molecule has 142 valence electrons. The van der Waals surface area contributed by atoms with E-state index in [0.29, 0.717) is 11.5 Å². The zero-order valence-corrected chi connectivity index (χ0v) is 16.7. The highest BCUT2D eigenvalue weighted by atomic mass is 32.1. The number of para-hydroxylation sites is 1. The second-order valence-electron chi connectivity index (χ2n) is 7.25. The van der Waals surface area contributed by atoms with E-state index in [4.69, 9.17) is 0 Å². The Hall–Kier alpha value is -2.25. The van der Waals surface area contributed by atoms with Crippen molar-refractivity contribution in [2.45, 2.75) is 39.3 Å². The third kappa shape index (κ3) is 4.04. The fourth-order valence-electron chi connectivity index (χ4n) is 3.74. The lowest BCUT2D eigenvalue weighted by Gasteiger charge is -2.31. The second kappa shape index (κ2) is 7.78. The molecule has 1 saturated heterocycles. The monoisotopic (exact) mass is 383 g/mol. The molecule has 0 bridgehead atoms. The van der Waals surface area contributed by atoms with E-state index in [1.807, 2.05) is 6.92 Å². The van der Waals surface area contributed by atoms with Crippen LogP contribution in [-0.2, 0) is 13.1 Å². The van der Waals surface area contributed by atoms with Crippen LogP contribution in [0.4, 0.5) is 5.69 Å².